The molecule has 2 rings (SSSR count). The van der Waals surface area contributed by atoms with Crippen LogP contribution < -0.4 is 0 Å². The van der Waals surface area contributed by atoms with Crippen LogP contribution in [0.2, 0.25) is 0 Å². The quantitative estimate of drug-likeness (QED) is 0.434. The van der Waals surface area contributed by atoms with E-state index >= 15 is 0 Å². The Balaban J connectivity index is 0. The molecular weight excluding hydrogens is 240 g/mol. The molecule has 0 aromatic carbocycles. The van der Waals surface area contributed by atoms with Crippen LogP contribution in [-0.4, -0.2) is 0 Å². The standard InChI is InChI=1S/C10H20.C6H12.2C2H6/c1-6-7(2)9(4)10(5)8(6)3;1-6-4-2-3-5-6;2*1-2/h6-10H,1-5H3;6H,2-5H2,1H3;2*1-2H3. The van der Waals surface area contributed by atoms with Gasteiger partial charge in [-0.2, -0.15) is 0 Å². The van der Waals surface area contributed by atoms with Crippen molar-refractivity contribution in [3.63, 3.8) is 0 Å². The van der Waals surface area contributed by atoms with Gasteiger partial charge < -0.3 is 0 Å². The first-order valence-electron chi connectivity index (χ1n) is 9.45. The summed E-state index contributed by atoms with van der Waals surface area (Å²) in [6, 6.07) is 0. The van der Waals surface area contributed by atoms with Gasteiger partial charge in [0.05, 0.1) is 0 Å². The maximum atomic E-state index is 2.40. The predicted molar refractivity (Wildman–Crippen MR) is 96.1 cm³/mol. The van der Waals surface area contributed by atoms with E-state index in [4.69, 9.17) is 0 Å². The lowest BCUT2D eigenvalue weighted by Gasteiger charge is -2.14. The molecule has 0 spiro atoms. The summed E-state index contributed by atoms with van der Waals surface area (Å²) in [5, 5.41) is 0. The van der Waals surface area contributed by atoms with Crippen molar-refractivity contribution in [2.24, 2.45) is 35.5 Å². The van der Waals surface area contributed by atoms with E-state index in [1.807, 2.05) is 27.7 Å². The van der Waals surface area contributed by atoms with E-state index in [2.05, 4.69) is 41.5 Å². The molecule has 2 fully saturated rings. The Hall–Kier alpha value is 0. The van der Waals surface area contributed by atoms with E-state index in [0.717, 1.165) is 35.5 Å². The molecule has 0 amide bonds. The lowest BCUT2D eigenvalue weighted by molar-refractivity contribution is 0.352. The van der Waals surface area contributed by atoms with Gasteiger partial charge in [0.15, 0.2) is 0 Å². The second-order valence-corrected chi connectivity index (χ2v) is 6.69. The molecule has 124 valence electrons. The number of rotatable bonds is 0. The summed E-state index contributed by atoms with van der Waals surface area (Å²) in [6.45, 7) is 22.3. The fraction of sp³-hybridized carbons (Fsp3) is 1.00. The van der Waals surface area contributed by atoms with Crippen LogP contribution in [0.4, 0.5) is 0 Å². The van der Waals surface area contributed by atoms with Crippen LogP contribution >= 0.6 is 0 Å². The zero-order valence-electron chi connectivity index (χ0n) is 16.3. The molecule has 0 radical (unpaired) electrons. The molecular formula is C20H44. The van der Waals surface area contributed by atoms with Crippen molar-refractivity contribution in [1.82, 2.24) is 0 Å². The fourth-order valence-electron chi connectivity index (χ4n) is 3.52. The molecule has 2 aliphatic rings. The second-order valence-electron chi connectivity index (χ2n) is 6.69. The topological polar surface area (TPSA) is 0 Å². The first-order chi connectivity index (χ1) is 9.45. The average Bonchev–Trinajstić information content (AvgIpc) is 3.04. The Bertz CT molecular complexity index is 145. The molecule has 0 saturated heterocycles. The van der Waals surface area contributed by atoms with Crippen LogP contribution in [-0.2, 0) is 0 Å². The SMILES string of the molecule is CC.CC.CC1C(C)C(C)C(C)C1C.CC1CCCC1. The van der Waals surface area contributed by atoms with Gasteiger partial charge in [-0.1, -0.05) is 94.9 Å². The average molecular weight is 285 g/mol. The molecule has 20 heavy (non-hydrogen) atoms. The van der Waals surface area contributed by atoms with Gasteiger partial charge in [0.25, 0.3) is 0 Å². The molecule has 0 aliphatic heterocycles. The fourth-order valence-corrected chi connectivity index (χ4v) is 3.52. The number of hydrogen-bond acceptors (Lipinski definition) is 0. The Morgan fingerprint density at radius 3 is 0.750 bits per heavy atom. The molecule has 0 heterocycles. The minimum atomic E-state index is 0.935. The van der Waals surface area contributed by atoms with E-state index in [1.165, 1.54) is 25.7 Å². The van der Waals surface area contributed by atoms with E-state index in [1.54, 1.807) is 0 Å². The predicted octanol–water partition coefficient (Wildman–Crippen LogP) is 7.43. The summed E-state index contributed by atoms with van der Waals surface area (Å²) in [4.78, 5) is 0. The smallest absolute Gasteiger partial charge is 0.0386 e. The van der Waals surface area contributed by atoms with Gasteiger partial charge in [0, 0.05) is 0 Å². The second kappa shape index (κ2) is 12.7. The Morgan fingerprint density at radius 2 is 0.650 bits per heavy atom. The number of hydrogen-bond donors (Lipinski definition) is 0. The lowest BCUT2D eigenvalue weighted by Crippen LogP contribution is -2.07. The minimum Gasteiger partial charge on any atom is -0.0683 e. The van der Waals surface area contributed by atoms with Crippen LogP contribution in [0.3, 0.4) is 0 Å². The van der Waals surface area contributed by atoms with Crippen molar-refractivity contribution < 1.29 is 0 Å². The molecule has 0 N–H and O–H groups in total. The Kier molecular flexibility index (Phi) is 14.2. The molecule has 0 bridgehead atoms. The molecule has 0 unspecified atom stereocenters. The summed E-state index contributed by atoms with van der Waals surface area (Å²) in [6.07, 6.45) is 5.95. The third kappa shape index (κ3) is 7.14. The summed E-state index contributed by atoms with van der Waals surface area (Å²) in [7, 11) is 0. The van der Waals surface area contributed by atoms with E-state index in [-0.39, 0.29) is 0 Å². The molecule has 0 atom stereocenters. The van der Waals surface area contributed by atoms with E-state index in [9.17, 15) is 0 Å². The third-order valence-electron chi connectivity index (χ3n) is 5.79. The molecule has 0 aromatic heterocycles. The monoisotopic (exact) mass is 284 g/mol. The van der Waals surface area contributed by atoms with Gasteiger partial charge in [0.2, 0.25) is 0 Å². The molecule has 0 heteroatoms. The highest BCUT2D eigenvalue weighted by atomic mass is 14.4. The zero-order valence-corrected chi connectivity index (χ0v) is 16.3. The zero-order chi connectivity index (χ0) is 16.3. The van der Waals surface area contributed by atoms with Crippen LogP contribution in [0.1, 0.15) is 94.9 Å². The first-order valence-corrected chi connectivity index (χ1v) is 9.45. The maximum absolute atomic E-state index is 2.40. The maximum Gasteiger partial charge on any atom is -0.0386 e. The third-order valence-corrected chi connectivity index (χ3v) is 5.79. The Morgan fingerprint density at radius 1 is 0.450 bits per heavy atom. The van der Waals surface area contributed by atoms with E-state index in [0.29, 0.717) is 0 Å². The van der Waals surface area contributed by atoms with Crippen molar-refractivity contribution in [3.05, 3.63) is 0 Å². The highest BCUT2D eigenvalue weighted by molar-refractivity contribution is 4.86. The van der Waals surface area contributed by atoms with Gasteiger partial charge in [-0.25, -0.2) is 0 Å². The Labute approximate surface area is 131 Å². The van der Waals surface area contributed by atoms with Gasteiger partial charge in [-0.3, -0.25) is 0 Å². The molecule has 0 nitrogen and oxygen atoms in total. The van der Waals surface area contributed by atoms with Gasteiger partial charge in [-0.05, 0) is 35.5 Å². The first kappa shape index (κ1) is 22.3. The molecule has 2 saturated carbocycles. The van der Waals surface area contributed by atoms with Gasteiger partial charge >= 0.3 is 0 Å². The van der Waals surface area contributed by atoms with Gasteiger partial charge in [-0.15, -0.1) is 0 Å². The highest BCUT2D eigenvalue weighted by Gasteiger charge is 2.38. The van der Waals surface area contributed by atoms with Crippen molar-refractivity contribution in [2.45, 2.75) is 94.9 Å². The van der Waals surface area contributed by atoms with Crippen LogP contribution in [0.5, 0.6) is 0 Å². The minimum absolute atomic E-state index is 0.935. The summed E-state index contributed by atoms with van der Waals surface area (Å²) < 4.78 is 0. The van der Waals surface area contributed by atoms with Crippen molar-refractivity contribution in [1.29, 1.82) is 0 Å². The van der Waals surface area contributed by atoms with E-state index < -0.39 is 0 Å². The molecule has 2 aliphatic carbocycles. The molecule has 0 aromatic rings. The van der Waals surface area contributed by atoms with Crippen LogP contribution in [0.25, 0.3) is 0 Å². The normalized spacial score (nSPS) is 36.0. The van der Waals surface area contributed by atoms with Gasteiger partial charge in [0.1, 0.15) is 0 Å². The largest absolute Gasteiger partial charge is 0.0683 e. The summed E-state index contributed by atoms with van der Waals surface area (Å²) >= 11 is 0. The highest BCUT2D eigenvalue weighted by Crippen LogP contribution is 2.44. The van der Waals surface area contributed by atoms with Crippen LogP contribution in [0.15, 0.2) is 0 Å². The summed E-state index contributed by atoms with van der Waals surface area (Å²) in [5.74, 6) is 5.72. The van der Waals surface area contributed by atoms with Crippen molar-refractivity contribution >= 4 is 0 Å². The summed E-state index contributed by atoms with van der Waals surface area (Å²) in [5.41, 5.74) is 0. The van der Waals surface area contributed by atoms with Crippen molar-refractivity contribution in [3.8, 4) is 0 Å². The van der Waals surface area contributed by atoms with Crippen LogP contribution in [0, 0.1) is 35.5 Å². The van der Waals surface area contributed by atoms with Crippen molar-refractivity contribution in [2.75, 3.05) is 0 Å². The lowest BCUT2D eigenvalue weighted by atomic mass is 9.92.